The number of hydrogen-bond acceptors (Lipinski definition) is 5. The van der Waals surface area contributed by atoms with Crippen molar-refractivity contribution < 1.29 is 4.42 Å². The summed E-state index contributed by atoms with van der Waals surface area (Å²) in [5.41, 5.74) is 1.17. The van der Waals surface area contributed by atoms with Crippen LogP contribution in [0.5, 0.6) is 0 Å². The summed E-state index contributed by atoms with van der Waals surface area (Å²) in [6.45, 7) is 7.11. The average molecular weight is 237 g/mol. The second kappa shape index (κ2) is 4.25. The topological polar surface area (TPSA) is 51.0 Å². The summed E-state index contributed by atoms with van der Waals surface area (Å²) in [5, 5.41) is 13.4. The van der Waals surface area contributed by atoms with Gasteiger partial charge in [-0.1, -0.05) is 32.1 Å². The molecule has 86 valence electrons. The molecule has 0 atom stereocenters. The van der Waals surface area contributed by atoms with Gasteiger partial charge in [-0.15, -0.1) is 10.2 Å². The molecule has 0 aliphatic rings. The summed E-state index contributed by atoms with van der Waals surface area (Å²) >= 11 is 1.60. The molecule has 0 fully saturated rings. The quantitative estimate of drug-likeness (QED) is 0.891. The van der Waals surface area contributed by atoms with Gasteiger partial charge in [-0.3, -0.25) is 0 Å². The summed E-state index contributed by atoms with van der Waals surface area (Å²) < 4.78 is 4.99. The fourth-order valence-corrected chi connectivity index (χ4v) is 1.97. The van der Waals surface area contributed by atoms with Crippen molar-refractivity contribution in [2.45, 2.75) is 32.7 Å². The first-order chi connectivity index (χ1) is 7.55. The molecule has 4 nitrogen and oxygen atoms in total. The van der Waals surface area contributed by atoms with Gasteiger partial charge < -0.3 is 9.73 Å². The third-order valence-electron chi connectivity index (χ3n) is 2.09. The van der Waals surface area contributed by atoms with Gasteiger partial charge in [-0.05, 0) is 6.07 Å². The first-order valence-electron chi connectivity index (χ1n) is 5.14. The molecule has 0 spiro atoms. The van der Waals surface area contributed by atoms with Gasteiger partial charge in [-0.2, -0.15) is 0 Å². The molecule has 0 unspecified atom stereocenters. The van der Waals surface area contributed by atoms with E-state index >= 15 is 0 Å². The van der Waals surface area contributed by atoms with E-state index in [4.69, 9.17) is 4.42 Å². The Bertz CT molecular complexity index is 442. The number of rotatable bonds is 3. The van der Waals surface area contributed by atoms with Crippen LogP contribution in [0.4, 0.5) is 5.13 Å². The largest absolute Gasteiger partial charge is 0.472 e. The normalized spacial score (nSPS) is 11.7. The lowest BCUT2D eigenvalue weighted by Crippen LogP contribution is -2.10. The van der Waals surface area contributed by atoms with Gasteiger partial charge in [0.25, 0.3) is 0 Å². The third-order valence-corrected chi connectivity index (χ3v) is 3.40. The van der Waals surface area contributed by atoms with Crippen molar-refractivity contribution in [3.63, 3.8) is 0 Å². The molecule has 0 saturated carbocycles. The van der Waals surface area contributed by atoms with E-state index in [1.807, 2.05) is 6.07 Å². The van der Waals surface area contributed by atoms with Gasteiger partial charge in [0.15, 0.2) is 0 Å². The number of nitrogens with one attached hydrogen (secondary N) is 1. The second-order valence-corrected chi connectivity index (χ2v) is 5.63. The molecule has 1 N–H and O–H groups in total. The van der Waals surface area contributed by atoms with E-state index in [0.29, 0.717) is 0 Å². The maximum atomic E-state index is 4.99. The van der Waals surface area contributed by atoms with Crippen molar-refractivity contribution >= 4 is 16.5 Å². The molecule has 2 rings (SSSR count). The molecule has 0 bridgehead atoms. The number of hydrogen-bond donors (Lipinski definition) is 1. The predicted octanol–water partition coefficient (Wildman–Crippen LogP) is 3.04. The minimum atomic E-state index is 0.0627. The molecule has 2 aromatic rings. The van der Waals surface area contributed by atoms with Crippen LogP contribution in [0.25, 0.3) is 0 Å². The first-order valence-corrected chi connectivity index (χ1v) is 5.96. The maximum absolute atomic E-state index is 4.99. The highest BCUT2D eigenvalue weighted by Crippen LogP contribution is 2.27. The molecular formula is C11H15N3OS. The Labute approximate surface area is 98.7 Å². The van der Waals surface area contributed by atoms with Gasteiger partial charge >= 0.3 is 0 Å². The Kier molecular flexibility index (Phi) is 2.96. The summed E-state index contributed by atoms with van der Waals surface area (Å²) in [4.78, 5) is 0. The molecule has 0 radical (unpaired) electrons. The minimum Gasteiger partial charge on any atom is -0.472 e. The van der Waals surface area contributed by atoms with E-state index in [9.17, 15) is 0 Å². The van der Waals surface area contributed by atoms with Crippen LogP contribution in [0.3, 0.4) is 0 Å². The monoisotopic (exact) mass is 237 g/mol. The van der Waals surface area contributed by atoms with E-state index in [1.165, 1.54) is 0 Å². The van der Waals surface area contributed by atoms with E-state index in [0.717, 1.165) is 22.2 Å². The van der Waals surface area contributed by atoms with Crippen molar-refractivity contribution in [2.24, 2.45) is 0 Å². The molecule has 2 aromatic heterocycles. The van der Waals surface area contributed by atoms with Crippen molar-refractivity contribution in [3.05, 3.63) is 29.2 Å². The van der Waals surface area contributed by atoms with Crippen LogP contribution in [-0.2, 0) is 12.0 Å². The Hall–Kier alpha value is -1.36. The minimum absolute atomic E-state index is 0.0627. The van der Waals surface area contributed by atoms with Crippen LogP contribution in [-0.4, -0.2) is 10.2 Å². The van der Waals surface area contributed by atoms with Crippen molar-refractivity contribution in [1.82, 2.24) is 10.2 Å². The van der Waals surface area contributed by atoms with E-state index in [1.54, 1.807) is 23.9 Å². The number of aromatic nitrogens is 2. The first kappa shape index (κ1) is 11.1. The van der Waals surface area contributed by atoms with Crippen molar-refractivity contribution in [2.75, 3.05) is 5.32 Å². The average Bonchev–Trinajstić information content (AvgIpc) is 2.85. The highest BCUT2D eigenvalue weighted by atomic mass is 32.1. The molecule has 0 saturated heterocycles. The van der Waals surface area contributed by atoms with Gasteiger partial charge in [0, 0.05) is 17.5 Å². The third kappa shape index (κ3) is 2.61. The van der Waals surface area contributed by atoms with E-state index < -0.39 is 0 Å². The number of anilines is 1. The maximum Gasteiger partial charge on any atom is 0.205 e. The lowest BCUT2D eigenvalue weighted by atomic mass is 9.98. The molecule has 0 aromatic carbocycles. The number of furan rings is 1. The van der Waals surface area contributed by atoms with Gasteiger partial charge in [0.2, 0.25) is 5.13 Å². The molecule has 5 heteroatoms. The molecule has 0 aliphatic carbocycles. The van der Waals surface area contributed by atoms with Crippen LogP contribution < -0.4 is 5.32 Å². The molecule has 16 heavy (non-hydrogen) atoms. The standard InChI is InChI=1S/C11H15N3OS/c1-11(2,3)9-13-14-10(16-9)12-6-8-4-5-15-7-8/h4-5,7H,6H2,1-3H3,(H,12,14). The number of nitrogens with zero attached hydrogens (tertiary/aromatic N) is 2. The van der Waals surface area contributed by atoms with Gasteiger partial charge in [-0.25, -0.2) is 0 Å². The smallest absolute Gasteiger partial charge is 0.205 e. The highest BCUT2D eigenvalue weighted by molar-refractivity contribution is 7.15. The van der Waals surface area contributed by atoms with Crippen molar-refractivity contribution in [1.29, 1.82) is 0 Å². The predicted molar refractivity (Wildman–Crippen MR) is 64.6 cm³/mol. The zero-order valence-electron chi connectivity index (χ0n) is 9.65. The van der Waals surface area contributed by atoms with Crippen LogP contribution in [0.1, 0.15) is 31.3 Å². The molecular weight excluding hydrogens is 222 g/mol. The fourth-order valence-electron chi connectivity index (χ4n) is 1.17. The van der Waals surface area contributed by atoms with Crippen LogP contribution in [0, 0.1) is 0 Å². The van der Waals surface area contributed by atoms with Crippen LogP contribution in [0.2, 0.25) is 0 Å². The zero-order valence-corrected chi connectivity index (χ0v) is 10.5. The summed E-state index contributed by atoms with van der Waals surface area (Å²) in [5.74, 6) is 0. The SMILES string of the molecule is CC(C)(C)c1nnc(NCc2ccoc2)s1. The Morgan fingerprint density at radius 3 is 2.75 bits per heavy atom. The lowest BCUT2D eigenvalue weighted by Gasteiger charge is -2.12. The van der Waals surface area contributed by atoms with Gasteiger partial charge in [0.1, 0.15) is 5.01 Å². The Balaban J connectivity index is 1.98. The summed E-state index contributed by atoms with van der Waals surface area (Å²) in [6.07, 6.45) is 3.39. The lowest BCUT2D eigenvalue weighted by molar-refractivity contribution is 0.564. The summed E-state index contributed by atoms with van der Waals surface area (Å²) in [7, 11) is 0. The zero-order chi connectivity index (χ0) is 11.6. The van der Waals surface area contributed by atoms with E-state index in [2.05, 4.69) is 36.3 Å². The van der Waals surface area contributed by atoms with Crippen LogP contribution >= 0.6 is 11.3 Å². The Morgan fingerprint density at radius 2 is 2.19 bits per heavy atom. The molecule has 0 aliphatic heterocycles. The molecule has 0 amide bonds. The molecule has 2 heterocycles. The second-order valence-electron chi connectivity index (χ2n) is 4.65. The fraction of sp³-hybridized carbons (Fsp3) is 0.455. The summed E-state index contributed by atoms with van der Waals surface area (Å²) in [6, 6.07) is 1.93. The highest BCUT2D eigenvalue weighted by Gasteiger charge is 2.19. The van der Waals surface area contributed by atoms with E-state index in [-0.39, 0.29) is 5.41 Å². The van der Waals surface area contributed by atoms with Crippen molar-refractivity contribution in [3.8, 4) is 0 Å². The van der Waals surface area contributed by atoms with Gasteiger partial charge in [0.05, 0.1) is 12.5 Å². The van der Waals surface area contributed by atoms with Crippen LogP contribution in [0.15, 0.2) is 23.0 Å². The Morgan fingerprint density at radius 1 is 1.38 bits per heavy atom.